The van der Waals surface area contributed by atoms with Crippen LogP contribution in [0.2, 0.25) is 0 Å². The van der Waals surface area contributed by atoms with Crippen LogP contribution in [-0.4, -0.2) is 26.8 Å². The summed E-state index contributed by atoms with van der Waals surface area (Å²) in [6, 6.07) is 8.40. The highest BCUT2D eigenvalue weighted by Gasteiger charge is 2.39. The van der Waals surface area contributed by atoms with Crippen molar-refractivity contribution < 1.29 is 5.11 Å². The second kappa shape index (κ2) is 7.79. The van der Waals surface area contributed by atoms with E-state index in [-0.39, 0.29) is 18.3 Å². The van der Waals surface area contributed by atoms with Crippen LogP contribution in [0, 0.1) is 6.92 Å². The predicted octanol–water partition coefficient (Wildman–Crippen LogP) is 3.61. The summed E-state index contributed by atoms with van der Waals surface area (Å²) in [6.07, 6.45) is 12.0. The van der Waals surface area contributed by atoms with Crippen molar-refractivity contribution in [2.75, 3.05) is 7.05 Å². The fraction of sp³-hybridized carbons (Fsp3) is 0.381. The Balaban J connectivity index is 0.00000210. The molecule has 2 heterocycles. The van der Waals surface area contributed by atoms with Crippen molar-refractivity contribution in [3.8, 4) is 5.88 Å². The molecule has 1 aliphatic heterocycles. The summed E-state index contributed by atoms with van der Waals surface area (Å²) >= 11 is 0. The molecular weight excluding hydrogens is 360 g/mol. The lowest BCUT2D eigenvalue weighted by molar-refractivity contribution is 0.0392. The van der Waals surface area contributed by atoms with Gasteiger partial charge in [-0.15, -0.1) is 12.4 Å². The molecule has 0 spiro atoms. The van der Waals surface area contributed by atoms with Crippen LogP contribution < -0.4 is 5.32 Å². The number of rotatable bonds is 4. The number of hydrogen-bond acceptors (Lipinski definition) is 4. The molecule has 2 aliphatic rings. The van der Waals surface area contributed by atoms with Gasteiger partial charge < -0.3 is 10.4 Å². The highest BCUT2D eigenvalue weighted by molar-refractivity contribution is 5.85. The fourth-order valence-electron chi connectivity index (χ4n) is 3.93. The third kappa shape index (κ3) is 3.37. The maximum atomic E-state index is 10.9. The van der Waals surface area contributed by atoms with Crippen molar-refractivity contribution in [3.05, 3.63) is 71.1 Å². The van der Waals surface area contributed by atoms with E-state index in [1.807, 2.05) is 18.4 Å². The Bertz CT molecular complexity index is 873. The Hall–Kier alpha value is -2.24. The smallest absolute Gasteiger partial charge is 0.216 e. The van der Waals surface area contributed by atoms with E-state index >= 15 is 0 Å². The molecule has 2 N–H and O–H groups in total. The van der Waals surface area contributed by atoms with Crippen LogP contribution in [0.1, 0.15) is 35.2 Å². The zero-order chi connectivity index (χ0) is 18.1. The largest absolute Gasteiger partial charge is 0.493 e. The van der Waals surface area contributed by atoms with E-state index in [4.69, 9.17) is 5.10 Å². The van der Waals surface area contributed by atoms with Gasteiger partial charge in [0.05, 0.1) is 5.69 Å². The molecule has 5 nitrogen and oxygen atoms in total. The highest BCUT2D eigenvalue weighted by Crippen LogP contribution is 2.35. The average Bonchev–Trinajstić information content (AvgIpc) is 3.01. The minimum Gasteiger partial charge on any atom is -0.493 e. The lowest BCUT2D eigenvalue weighted by Crippen LogP contribution is -2.56. The maximum absolute atomic E-state index is 10.9. The van der Waals surface area contributed by atoms with Crippen molar-refractivity contribution >= 4 is 12.4 Å². The zero-order valence-corrected chi connectivity index (χ0v) is 16.7. The first-order valence-corrected chi connectivity index (χ1v) is 9.30. The maximum Gasteiger partial charge on any atom is 0.216 e. The van der Waals surface area contributed by atoms with Crippen molar-refractivity contribution in [1.29, 1.82) is 0 Å². The molecule has 1 aromatic carbocycles. The summed E-state index contributed by atoms with van der Waals surface area (Å²) in [5.41, 5.74) is 4.55. The fourth-order valence-corrected chi connectivity index (χ4v) is 3.93. The van der Waals surface area contributed by atoms with Gasteiger partial charge in [-0.25, -0.2) is 0 Å². The SMILES string of the molecule is Cc1ccccc1CN(C)C1(n2nc3c(c2O)CCCC3)C=CC=CN1.Cl. The van der Waals surface area contributed by atoms with E-state index in [0.717, 1.165) is 43.5 Å². The number of aromatic hydroxyl groups is 1. The predicted molar refractivity (Wildman–Crippen MR) is 110 cm³/mol. The van der Waals surface area contributed by atoms with Gasteiger partial charge in [-0.1, -0.05) is 30.3 Å². The number of aryl methyl sites for hydroxylation is 2. The van der Waals surface area contributed by atoms with Crippen molar-refractivity contribution in [2.45, 2.75) is 44.9 Å². The van der Waals surface area contributed by atoms with E-state index in [1.165, 1.54) is 11.1 Å². The average molecular weight is 387 g/mol. The normalized spacial score (nSPS) is 20.9. The number of allylic oxidation sites excluding steroid dienone is 2. The van der Waals surface area contributed by atoms with Crippen molar-refractivity contribution in [2.24, 2.45) is 0 Å². The summed E-state index contributed by atoms with van der Waals surface area (Å²) in [5.74, 6) is -0.442. The number of halogens is 1. The van der Waals surface area contributed by atoms with E-state index in [9.17, 15) is 5.11 Å². The van der Waals surface area contributed by atoms with Gasteiger partial charge in [0.2, 0.25) is 11.7 Å². The van der Waals surface area contributed by atoms with Gasteiger partial charge in [-0.2, -0.15) is 9.78 Å². The number of dihydropyridines is 1. The van der Waals surface area contributed by atoms with Gasteiger partial charge in [0.15, 0.2) is 0 Å². The van der Waals surface area contributed by atoms with E-state index in [1.54, 1.807) is 4.68 Å². The standard InChI is InChI=1S/C21H26N4O.ClH/c1-16-9-3-4-10-17(16)15-24(2)21(13-7-8-14-22-21)25-20(26)18-11-5-6-12-19(18)23-25;/h3-4,7-10,13-14,22,26H,5-6,11-12,15H2,1-2H3;1H. The van der Waals surface area contributed by atoms with Gasteiger partial charge >= 0.3 is 0 Å². The summed E-state index contributed by atoms with van der Waals surface area (Å²) in [4.78, 5) is 2.19. The second-order valence-corrected chi connectivity index (χ2v) is 7.24. The van der Waals surface area contributed by atoms with Crippen LogP contribution in [0.25, 0.3) is 0 Å². The number of benzene rings is 1. The number of hydrogen-bond donors (Lipinski definition) is 2. The summed E-state index contributed by atoms with van der Waals surface area (Å²) in [6.45, 7) is 2.87. The van der Waals surface area contributed by atoms with Gasteiger partial charge in [0.25, 0.3) is 0 Å². The first-order valence-electron chi connectivity index (χ1n) is 9.30. The monoisotopic (exact) mass is 386 g/mol. The molecule has 27 heavy (non-hydrogen) atoms. The molecule has 6 heteroatoms. The molecule has 0 bridgehead atoms. The van der Waals surface area contributed by atoms with Gasteiger partial charge in [0.1, 0.15) is 0 Å². The van der Waals surface area contributed by atoms with Gasteiger partial charge in [0, 0.05) is 12.1 Å². The molecule has 4 rings (SSSR count). The van der Waals surface area contributed by atoms with Crippen LogP contribution in [-0.2, 0) is 25.2 Å². The van der Waals surface area contributed by atoms with E-state index in [0.29, 0.717) is 0 Å². The molecule has 0 amide bonds. The highest BCUT2D eigenvalue weighted by atomic mass is 35.5. The first-order chi connectivity index (χ1) is 12.6. The van der Waals surface area contributed by atoms with Crippen LogP contribution in [0.15, 0.2) is 48.7 Å². The molecule has 2 aromatic rings. The minimum absolute atomic E-state index is 0. The second-order valence-electron chi connectivity index (χ2n) is 7.24. The molecule has 0 saturated heterocycles. The number of nitrogens with zero attached hydrogens (tertiary/aromatic N) is 3. The summed E-state index contributed by atoms with van der Waals surface area (Å²) in [7, 11) is 2.06. The molecule has 1 aromatic heterocycles. The number of aromatic nitrogens is 2. The van der Waals surface area contributed by atoms with E-state index < -0.39 is 5.79 Å². The van der Waals surface area contributed by atoms with Gasteiger partial charge in [-0.05, 0) is 69.1 Å². The van der Waals surface area contributed by atoms with Crippen LogP contribution >= 0.6 is 12.4 Å². The number of likely N-dealkylation sites (N-methyl/N-ethyl adjacent to an activating group) is 1. The molecule has 1 atom stereocenters. The molecule has 1 unspecified atom stereocenters. The molecule has 0 fully saturated rings. The van der Waals surface area contributed by atoms with Crippen LogP contribution in [0.4, 0.5) is 0 Å². The lowest BCUT2D eigenvalue weighted by Gasteiger charge is -2.41. The Kier molecular flexibility index (Phi) is 5.63. The molecular formula is C21H27ClN4O. The van der Waals surface area contributed by atoms with E-state index in [2.05, 4.69) is 54.5 Å². The Labute approximate surface area is 166 Å². The van der Waals surface area contributed by atoms with Gasteiger partial charge in [-0.3, -0.25) is 4.90 Å². The van der Waals surface area contributed by atoms with Crippen molar-refractivity contribution in [1.82, 2.24) is 20.0 Å². The first kappa shape index (κ1) is 19.5. The quantitative estimate of drug-likeness (QED) is 0.842. The number of fused-ring (bicyclic) bond motifs is 1. The Morgan fingerprint density at radius 1 is 1.22 bits per heavy atom. The third-order valence-electron chi connectivity index (χ3n) is 5.54. The van der Waals surface area contributed by atoms with Crippen molar-refractivity contribution in [3.63, 3.8) is 0 Å². The topological polar surface area (TPSA) is 53.3 Å². The molecule has 1 aliphatic carbocycles. The molecule has 144 valence electrons. The summed E-state index contributed by atoms with van der Waals surface area (Å²) in [5, 5.41) is 19.2. The summed E-state index contributed by atoms with van der Waals surface area (Å²) < 4.78 is 1.75. The Morgan fingerprint density at radius 2 is 2.00 bits per heavy atom. The van der Waals surface area contributed by atoms with Crippen LogP contribution in [0.3, 0.4) is 0 Å². The zero-order valence-electron chi connectivity index (χ0n) is 15.9. The Morgan fingerprint density at radius 3 is 2.70 bits per heavy atom. The van der Waals surface area contributed by atoms with Crippen LogP contribution in [0.5, 0.6) is 5.88 Å². The number of nitrogens with one attached hydrogen (secondary N) is 1. The molecule has 0 saturated carbocycles. The lowest BCUT2D eigenvalue weighted by atomic mass is 9.98. The minimum atomic E-state index is -0.724. The molecule has 0 radical (unpaired) electrons. The third-order valence-corrected chi connectivity index (χ3v) is 5.54.